The van der Waals surface area contributed by atoms with Crippen molar-refractivity contribution in [1.29, 1.82) is 0 Å². The van der Waals surface area contributed by atoms with Crippen LogP contribution >= 0.6 is 15.9 Å². The Kier molecular flexibility index (Phi) is 6.22. The summed E-state index contributed by atoms with van der Waals surface area (Å²) in [6.07, 6.45) is 3.36. The Morgan fingerprint density at radius 3 is 2.44 bits per heavy atom. The van der Waals surface area contributed by atoms with E-state index in [2.05, 4.69) is 29.1 Å². The minimum Gasteiger partial charge on any atom is -0.483 e. The molecule has 0 radical (unpaired) electrons. The van der Waals surface area contributed by atoms with E-state index >= 15 is 0 Å². The first-order chi connectivity index (χ1) is 8.69. The molecule has 96 valence electrons. The minimum atomic E-state index is -0.0921. The Morgan fingerprint density at radius 1 is 1.28 bits per heavy atom. The van der Waals surface area contributed by atoms with E-state index in [1.54, 1.807) is 17.1 Å². The fourth-order valence-electron chi connectivity index (χ4n) is 1.38. The average Bonchev–Trinajstić information content (AvgIpc) is 2.37. The summed E-state index contributed by atoms with van der Waals surface area (Å²) in [6.45, 7) is 8.23. The highest BCUT2D eigenvalue weighted by atomic mass is 79.9. The molecule has 0 saturated heterocycles. The van der Waals surface area contributed by atoms with Crippen molar-refractivity contribution in [2.45, 2.75) is 0 Å². The van der Waals surface area contributed by atoms with E-state index < -0.39 is 0 Å². The molecule has 0 saturated carbocycles. The molecule has 0 aliphatic heterocycles. The zero-order valence-corrected chi connectivity index (χ0v) is 11.7. The molecule has 0 aromatic heterocycles. The second-order valence-corrected chi connectivity index (χ2v) is 4.45. The fraction of sp³-hybridized carbons (Fsp3) is 0.214. The van der Waals surface area contributed by atoms with E-state index in [-0.39, 0.29) is 12.5 Å². The van der Waals surface area contributed by atoms with E-state index in [9.17, 15) is 4.79 Å². The molecule has 0 N–H and O–H groups in total. The van der Waals surface area contributed by atoms with E-state index in [0.717, 1.165) is 4.47 Å². The van der Waals surface area contributed by atoms with E-state index in [1.165, 1.54) is 0 Å². The minimum absolute atomic E-state index is 0.00426. The first-order valence-electron chi connectivity index (χ1n) is 5.56. The van der Waals surface area contributed by atoms with Crippen molar-refractivity contribution >= 4 is 21.8 Å². The first-order valence-corrected chi connectivity index (χ1v) is 6.35. The SMILES string of the molecule is C=CCN(CC=C)C(=O)COc1ccccc1Br. The standard InChI is InChI=1S/C14H16BrNO2/c1-3-9-16(10-4-2)14(17)11-18-13-8-6-5-7-12(13)15/h3-8H,1-2,9-11H2. The van der Waals surface area contributed by atoms with Gasteiger partial charge in [0.25, 0.3) is 5.91 Å². The van der Waals surface area contributed by atoms with Crippen LogP contribution in [0.4, 0.5) is 0 Å². The van der Waals surface area contributed by atoms with Crippen LogP contribution < -0.4 is 4.74 Å². The Morgan fingerprint density at radius 2 is 1.89 bits per heavy atom. The van der Waals surface area contributed by atoms with E-state index in [0.29, 0.717) is 18.8 Å². The fourth-order valence-corrected chi connectivity index (χ4v) is 1.78. The number of benzene rings is 1. The summed E-state index contributed by atoms with van der Waals surface area (Å²) >= 11 is 3.36. The lowest BCUT2D eigenvalue weighted by atomic mass is 10.3. The third-order valence-corrected chi connectivity index (χ3v) is 2.89. The van der Waals surface area contributed by atoms with E-state index in [4.69, 9.17) is 4.74 Å². The highest BCUT2D eigenvalue weighted by Gasteiger charge is 2.11. The zero-order valence-electron chi connectivity index (χ0n) is 10.1. The average molecular weight is 310 g/mol. The normalized spacial score (nSPS) is 9.61. The largest absolute Gasteiger partial charge is 0.483 e. The summed E-state index contributed by atoms with van der Waals surface area (Å²) in [5.41, 5.74) is 0. The number of carbonyl (C=O) groups excluding carboxylic acids is 1. The van der Waals surface area contributed by atoms with Gasteiger partial charge in [-0.15, -0.1) is 13.2 Å². The van der Waals surface area contributed by atoms with Gasteiger partial charge in [-0.05, 0) is 28.1 Å². The van der Waals surface area contributed by atoms with Crippen LogP contribution in [0.25, 0.3) is 0 Å². The second-order valence-electron chi connectivity index (χ2n) is 3.60. The quantitative estimate of drug-likeness (QED) is 0.725. The number of carbonyl (C=O) groups is 1. The molecule has 0 atom stereocenters. The molecule has 4 heteroatoms. The van der Waals surface area contributed by atoms with Crippen LogP contribution in [0.5, 0.6) is 5.75 Å². The second kappa shape index (κ2) is 7.71. The van der Waals surface area contributed by atoms with Crippen molar-refractivity contribution in [1.82, 2.24) is 4.90 Å². The first kappa shape index (κ1) is 14.5. The number of amides is 1. The molecule has 0 bridgehead atoms. The van der Waals surface area contributed by atoms with Crippen LogP contribution in [-0.4, -0.2) is 30.5 Å². The summed E-state index contributed by atoms with van der Waals surface area (Å²) in [7, 11) is 0. The van der Waals surface area contributed by atoms with Gasteiger partial charge in [0.15, 0.2) is 6.61 Å². The van der Waals surface area contributed by atoms with Crippen molar-refractivity contribution in [3.8, 4) is 5.75 Å². The smallest absolute Gasteiger partial charge is 0.261 e. The maximum Gasteiger partial charge on any atom is 0.261 e. The molecule has 0 spiro atoms. The molecule has 0 aliphatic rings. The molecule has 1 aromatic rings. The Hall–Kier alpha value is -1.55. The van der Waals surface area contributed by atoms with Crippen LogP contribution in [0, 0.1) is 0 Å². The maximum atomic E-state index is 11.9. The van der Waals surface area contributed by atoms with Gasteiger partial charge in [-0.25, -0.2) is 0 Å². The van der Waals surface area contributed by atoms with Crippen LogP contribution in [0.15, 0.2) is 54.0 Å². The lowest BCUT2D eigenvalue weighted by molar-refractivity contribution is -0.132. The molecule has 0 unspecified atom stereocenters. The van der Waals surface area contributed by atoms with Crippen molar-refractivity contribution in [3.63, 3.8) is 0 Å². The van der Waals surface area contributed by atoms with Gasteiger partial charge in [0.2, 0.25) is 0 Å². The third-order valence-electron chi connectivity index (χ3n) is 2.24. The molecule has 1 aromatic carbocycles. The molecule has 0 heterocycles. The maximum absolute atomic E-state index is 11.9. The van der Waals surface area contributed by atoms with Gasteiger partial charge in [-0.2, -0.15) is 0 Å². The summed E-state index contributed by atoms with van der Waals surface area (Å²) in [5.74, 6) is 0.563. The molecule has 0 fully saturated rings. The van der Waals surface area contributed by atoms with Crippen LogP contribution in [0.2, 0.25) is 0 Å². The zero-order chi connectivity index (χ0) is 13.4. The number of rotatable bonds is 7. The van der Waals surface area contributed by atoms with Gasteiger partial charge in [0.1, 0.15) is 5.75 Å². The number of hydrogen-bond donors (Lipinski definition) is 0. The van der Waals surface area contributed by atoms with E-state index in [1.807, 2.05) is 24.3 Å². The van der Waals surface area contributed by atoms with Crippen molar-refractivity contribution < 1.29 is 9.53 Å². The lowest BCUT2D eigenvalue weighted by Gasteiger charge is -2.19. The van der Waals surface area contributed by atoms with Gasteiger partial charge in [-0.1, -0.05) is 24.3 Å². The van der Waals surface area contributed by atoms with Crippen LogP contribution in [-0.2, 0) is 4.79 Å². The summed E-state index contributed by atoms with van der Waals surface area (Å²) in [6, 6.07) is 7.42. The number of hydrogen-bond acceptors (Lipinski definition) is 2. The Balaban J connectivity index is 2.56. The number of halogens is 1. The van der Waals surface area contributed by atoms with Gasteiger partial charge >= 0.3 is 0 Å². The predicted octanol–water partition coefficient (Wildman–Crippen LogP) is 3.03. The highest BCUT2D eigenvalue weighted by molar-refractivity contribution is 9.10. The summed E-state index contributed by atoms with van der Waals surface area (Å²) in [4.78, 5) is 13.5. The summed E-state index contributed by atoms with van der Waals surface area (Å²) in [5, 5.41) is 0. The Bertz CT molecular complexity index is 422. The molecular formula is C14H16BrNO2. The van der Waals surface area contributed by atoms with Gasteiger partial charge < -0.3 is 9.64 Å². The van der Waals surface area contributed by atoms with Gasteiger partial charge in [0, 0.05) is 13.1 Å². The highest BCUT2D eigenvalue weighted by Crippen LogP contribution is 2.23. The number of nitrogens with zero attached hydrogens (tertiary/aromatic N) is 1. The predicted molar refractivity (Wildman–Crippen MR) is 76.6 cm³/mol. The number of ether oxygens (including phenoxy) is 1. The molecule has 18 heavy (non-hydrogen) atoms. The molecular weight excluding hydrogens is 294 g/mol. The number of para-hydroxylation sites is 1. The monoisotopic (exact) mass is 309 g/mol. The van der Waals surface area contributed by atoms with Crippen LogP contribution in [0.1, 0.15) is 0 Å². The van der Waals surface area contributed by atoms with Gasteiger partial charge in [0.05, 0.1) is 4.47 Å². The third kappa shape index (κ3) is 4.37. The Labute approximate surface area is 116 Å². The van der Waals surface area contributed by atoms with Crippen LogP contribution in [0.3, 0.4) is 0 Å². The molecule has 0 aliphatic carbocycles. The van der Waals surface area contributed by atoms with Gasteiger partial charge in [-0.3, -0.25) is 4.79 Å². The molecule has 1 amide bonds. The van der Waals surface area contributed by atoms with Crippen molar-refractivity contribution in [3.05, 3.63) is 54.0 Å². The molecule has 1 rings (SSSR count). The topological polar surface area (TPSA) is 29.5 Å². The van der Waals surface area contributed by atoms with Crippen molar-refractivity contribution in [2.24, 2.45) is 0 Å². The lowest BCUT2D eigenvalue weighted by Crippen LogP contribution is -2.35. The van der Waals surface area contributed by atoms with Crippen molar-refractivity contribution in [2.75, 3.05) is 19.7 Å². The molecule has 3 nitrogen and oxygen atoms in total. The summed E-state index contributed by atoms with van der Waals surface area (Å²) < 4.78 is 6.30.